The molecule has 0 fully saturated rings. The number of methoxy groups -OCH3 is 2. The number of nitrogens with zero attached hydrogens (tertiary/aromatic N) is 2. The van der Waals surface area contributed by atoms with E-state index in [4.69, 9.17) is 26.2 Å². The predicted octanol–water partition coefficient (Wildman–Crippen LogP) is 3.42. The number of para-hydroxylation sites is 1. The van der Waals surface area contributed by atoms with Crippen molar-refractivity contribution in [2.75, 3.05) is 24.9 Å². The molecule has 0 aliphatic heterocycles. The van der Waals surface area contributed by atoms with Crippen LogP contribution >= 0.6 is 11.6 Å². The van der Waals surface area contributed by atoms with Gasteiger partial charge in [-0.3, -0.25) is 0 Å². The van der Waals surface area contributed by atoms with Crippen LogP contribution in [0.3, 0.4) is 0 Å². The zero-order valence-corrected chi connectivity index (χ0v) is 17.8. The Morgan fingerprint density at radius 3 is 2.53 bits per heavy atom. The van der Waals surface area contributed by atoms with Gasteiger partial charge in [-0.25, -0.2) is 18.5 Å². The molecule has 0 aliphatic rings. The van der Waals surface area contributed by atoms with Crippen molar-refractivity contribution in [1.29, 1.82) is 0 Å². The van der Waals surface area contributed by atoms with Crippen LogP contribution < -0.4 is 25.2 Å². The molecule has 11 heteroatoms. The van der Waals surface area contributed by atoms with Crippen molar-refractivity contribution < 1.29 is 17.9 Å². The van der Waals surface area contributed by atoms with Crippen molar-refractivity contribution in [3.63, 3.8) is 0 Å². The Bertz CT molecular complexity index is 1160. The number of anilines is 4. The molecule has 1 heterocycles. The van der Waals surface area contributed by atoms with E-state index >= 15 is 0 Å². The average Bonchev–Trinajstić information content (AvgIpc) is 2.70. The molecular formula is C19H20ClN5O4S. The highest BCUT2D eigenvalue weighted by molar-refractivity contribution is 7.88. The summed E-state index contributed by atoms with van der Waals surface area (Å²) in [6.45, 7) is 0. The van der Waals surface area contributed by atoms with Gasteiger partial charge in [0.15, 0.2) is 5.82 Å². The third-order valence-electron chi connectivity index (χ3n) is 4.02. The molecule has 2 aromatic carbocycles. The fourth-order valence-electron chi connectivity index (χ4n) is 2.66. The number of nitrogens with one attached hydrogen (secondary N) is 2. The topological polar surface area (TPSA) is 128 Å². The fraction of sp³-hybridized carbons (Fsp3) is 0.158. The van der Waals surface area contributed by atoms with Crippen LogP contribution in [0.25, 0.3) is 0 Å². The molecule has 30 heavy (non-hydrogen) atoms. The second-order valence-corrected chi connectivity index (χ2v) is 8.19. The van der Waals surface area contributed by atoms with Gasteiger partial charge in [0.1, 0.15) is 16.5 Å². The fourth-order valence-corrected chi connectivity index (χ4v) is 3.48. The molecule has 3 rings (SSSR count). The van der Waals surface area contributed by atoms with E-state index in [1.165, 1.54) is 6.20 Å². The highest BCUT2D eigenvalue weighted by Gasteiger charge is 2.13. The Balaban J connectivity index is 1.91. The lowest BCUT2D eigenvalue weighted by Crippen LogP contribution is -2.15. The molecular weight excluding hydrogens is 430 g/mol. The van der Waals surface area contributed by atoms with Gasteiger partial charge < -0.3 is 20.1 Å². The molecule has 0 radical (unpaired) electrons. The Hall–Kier alpha value is -3.08. The first kappa shape index (κ1) is 21.6. The summed E-state index contributed by atoms with van der Waals surface area (Å²) in [7, 11) is -0.601. The van der Waals surface area contributed by atoms with Gasteiger partial charge in [0.05, 0.1) is 31.9 Å². The molecule has 0 atom stereocenters. The monoisotopic (exact) mass is 449 g/mol. The van der Waals surface area contributed by atoms with E-state index in [2.05, 4.69) is 20.6 Å². The van der Waals surface area contributed by atoms with Crippen LogP contribution in [-0.2, 0) is 15.8 Å². The molecule has 0 amide bonds. The van der Waals surface area contributed by atoms with Gasteiger partial charge in [-0.15, -0.1) is 0 Å². The first-order chi connectivity index (χ1) is 14.3. The SMILES string of the molecule is COc1ccc(OC)c(Nc2ncc(Cl)c(Nc3ccccc3CS(N)(=O)=O)n2)c1. The number of rotatable bonds is 8. The number of hydrogen-bond acceptors (Lipinski definition) is 8. The standard InChI is InChI=1S/C19H20ClN5O4S/c1-28-13-7-8-17(29-2)16(9-13)24-19-22-10-14(20)18(25-19)23-15-6-4-3-5-12(15)11-30(21,26)27/h3-10H,11H2,1-2H3,(H2,21,26,27)(H2,22,23,24,25). The molecule has 3 aromatic rings. The number of sulfonamides is 1. The van der Waals surface area contributed by atoms with Gasteiger partial charge >= 0.3 is 0 Å². The summed E-state index contributed by atoms with van der Waals surface area (Å²) in [5.41, 5.74) is 1.59. The van der Waals surface area contributed by atoms with Crippen LogP contribution in [0.1, 0.15) is 5.56 Å². The molecule has 0 saturated carbocycles. The minimum atomic E-state index is -3.71. The predicted molar refractivity (Wildman–Crippen MR) is 116 cm³/mol. The van der Waals surface area contributed by atoms with Crippen molar-refractivity contribution in [2.45, 2.75) is 5.75 Å². The Morgan fingerprint density at radius 2 is 1.83 bits per heavy atom. The van der Waals surface area contributed by atoms with Crippen LogP contribution in [0, 0.1) is 0 Å². The van der Waals surface area contributed by atoms with E-state index in [0.29, 0.717) is 28.4 Å². The Labute approximate surface area is 179 Å². The van der Waals surface area contributed by atoms with E-state index in [1.54, 1.807) is 56.7 Å². The number of ether oxygens (including phenoxy) is 2. The van der Waals surface area contributed by atoms with Gasteiger partial charge in [0, 0.05) is 11.8 Å². The summed E-state index contributed by atoms with van der Waals surface area (Å²) < 4.78 is 33.6. The summed E-state index contributed by atoms with van der Waals surface area (Å²) in [5, 5.41) is 11.5. The van der Waals surface area contributed by atoms with Gasteiger partial charge in [-0.2, -0.15) is 4.98 Å². The van der Waals surface area contributed by atoms with Crippen LogP contribution in [-0.4, -0.2) is 32.6 Å². The molecule has 0 spiro atoms. The smallest absolute Gasteiger partial charge is 0.229 e. The number of benzene rings is 2. The summed E-state index contributed by atoms with van der Waals surface area (Å²) >= 11 is 6.24. The highest BCUT2D eigenvalue weighted by Crippen LogP contribution is 2.32. The van der Waals surface area contributed by atoms with Crippen molar-refractivity contribution in [3.8, 4) is 11.5 Å². The molecule has 158 valence electrons. The third-order valence-corrected chi connectivity index (χ3v) is 5.01. The highest BCUT2D eigenvalue weighted by atomic mass is 35.5. The van der Waals surface area contributed by atoms with Gasteiger partial charge in [-0.05, 0) is 23.8 Å². The number of aromatic nitrogens is 2. The summed E-state index contributed by atoms with van der Waals surface area (Å²) in [6, 6.07) is 12.1. The van der Waals surface area contributed by atoms with Crippen LogP contribution in [0.4, 0.5) is 23.1 Å². The van der Waals surface area contributed by atoms with Crippen LogP contribution in [0.5, 0.6) is 11.5 Å². The van der Waals surface area contributed by atoms with E-state index in [-0.39, 0.29) is 22.5 Å². The lowest BCUT2D eigenvalue weighted by Gasteiger charge is -2.14. The lowest BCUT2D eigenvalue weighted by molar-refractivity contribution is 0.405. The first-order valence-electron chi connectivity index (χ1n) is 8.66. The Morgan fingerprint density at radius 1 is 1.07 bits per heavy atom. The molecule has 9 nitrogen and oxygen atoms in total. The maximum atomic E-state index is 11.5. The molecule has 0 bridgehead atoms. The van der Waals surface area contributed by atoms with Crippen molar-refractivity contribution in [1.82, 2.24) is 9.97 Å². The minimum Gasteiger partial charge on any atom is -0.497 e. The zero-order chi connectivity index (χ0) is 21.7. The van der Waals surface area contributed by atoms with Gasteiger partial charge in [-0.1, -0.05) is 29.8 Å². The van der Waals surface area contributed by atoms with E-state index in [0.717, 1.165) is 0 Å². The summed E-state index contributed by atoms with van der Waals surface area (Å²) in [6.07, 6.45) is 1.42. The zero-order valence-electron chi connectivity index (χ0n) is 16.2. The third kappa shape index (κ3) is 5.50. The maximum Gasteiger partial charge on any atom is 0.229 e. The van der Waals surface area contributed by atoms with Crippen molar-refractivity contribution in [2.24, 2.45) is 5.14 Å². The van der Waals surface area contributed by atoms with Gasteiger partial charge in [0.25, 0.3) is 0 Å². The summed E-state index contributed by atoms with van der Waals surface area (Å²) in [5.74, 6) is 1.41. The summed E-state index contributed by atoms with van der Waals surface area (Å²) in [4.78, 5) is 8.57. The number of nitrogens with two attached hydrogens (primary N) is 1. The molecule has 0 saturated heterocycles. The van der Waals surface area contributed by atoms with E-state index in [1.807, 2.05) is 0 Å². The minimum absolute atomic E-state index is 0.248. The van der Waals surface area contributed by atoms with Crippen LogP contribution in [0.15, 0.2) is 48.7 Å². The quantitative estimate of drug-likeness (QED) is 0.477. The lowest BCUT2D eigenvalue weighted by atomic mass is 10.2. The van der Waals surface area contributed by atoms with Crippen molar-refractivity contribution in [3.05, 3.63) is 59.2 Å². The van der Waals surface area contributed by atoms with Gasteiger partial charge in [0.2, 0.25) is 16.0 Å². The average molecular weight is 450 g/mol. The second kappa shape index (κ2) is 9.16. The Kier molecular flexibility index (Phi) is 6.60. The molecule has 1 aromatic heterocycles. The first-order valence-corrected chi connectivity index (χ1v) is 10.8. The van der Waals surface area contributed by atoms with E-state index in [9.17, 15) is 8.42 Å². The molecule has 0 aliphatic carbocycles. The maximum absolute atomic E-state index is 11.5. The normalized spacial score (nSPS) is 11.1. The molecule has 0 unspecified atom stereocenters. The second-order valence-electron chi connectivity index (χ2n) is 6.17. The van der Waals surface area contributed by atoms with Crippen LogP contribution in [0.2, 0.25) is 5.02 Å². The number of hydrogen-bond donors (Lipinski definition) is 3. The largest absolute Gasteiger partial charge is 0.497 e. The molecule has 4 N–H and O–H groups in total. The number of primary sulfonamides is 1. The van der Waals surface area contributed by atoms with Crippen molar-refractivity contribution >= 4 is 44.8 Å². The van der Waals surface area contributed by atoms with E-state index < -0.39 is 10.0 Å². The number of halogens is 1.